The monoisotopic (exact) mass is 357 g/mol. The van der Waals surface area contributed by atoms with Gasteiger partial charge >= 0.3 is 0 Å². The first-order chi connectivity index (χ1) is 8.61. The van der Waals surface area contributed by atoms with E-state index in [0.29, 0.717) is 12.0 Å². The number of nitrogens with zero attached hydrogens (tertiary/aromatic N) is 1. The van der Waals surface area contributed by atoms with Crippen LogP contribution >= 0.6 is 22.9 Å². The molecule has 0 bridgehead atoms. The Kier molecular flexibility index (Phi) is 3.41. The Morgan fingerprint density at radius 1 is 1.33 bits per heavy atom. The first-order valence-corrected chi connectivity index (χ1v) is 7.73. The van der Waals surface area contributed by atoms with E-state index in [0.717, 1.165) is 13.2 Å². The van der Waals surface area contributed by atoms with Gasteiger partial charge in [-0.05, 0) is 29.9 Å². The van der Waals surface area contributed by atoms with Crippen LogP contribution in [0.3, 0.4) is 0 Å². The van der Waals surface area contributed by atoms with Gasteiger partial charge in [0.05, 0.1) is 18.2 Å². The van der Waals surface area contributed by atoms with E-state index in [2.05, 4.69) is 64.1 Å². The number of morpholine rings is 1. The van der Waals surface area contributed by atoms with Crippen LogP contribution in [0, 0.1) is 0 Å². The maximum absolute atomic E-state index is 6.10. The van der Waals surface area contributed by atoms with Gasteiger partial charge in [0.25, 0.3) is 0 Å². The molecular weight excluding hydrogens is 337 g/mol. The summed E-state index contributed by atoms with van der Waals surface area (Å²) < 4.78 is 8.56. The van der Waals surface area contributed by atoms with E-state index in [1.165, 1.54) is 24.0 Å². The SMILES string of the molecule is CC(C)c1ccccc1C1COC2(CC2)CN1I. The molecule has 1 aromatic rings. The first kappa shape index (κ1) is 12.9. The van der Waals surface area contributed by atoms with Crippen LogP contribution in [-0.4, -0.2) is 21.9 Å². The highest BCUT2D eigenvalue weighted by molar-refractivity contribution is 14.1. The number of rotatable bonds is 2. The van der Waals surface area contributed by atoms with Crippen molar-refractivity contribution in [2.75, 3.05) is 13.2 Å². The van der Waals surface area contributed by atoms with E-state index in [4.69, 9.17) is 4.74 Å². The number of halogens is 1. The zero-order valence-electron chi connectivity index (χ0n) is 11.0. The first-order valence-electron chi connectivity index (χ1n) is 6.76. The highest BCUT2D eigenvalue weighted by Gasteiger charge is 2.49. The fraction of sp³-hybridized carbons (Fsp3) is 0.600. The molecular formula is C15H20INO. The number of hydrogen-bond acceptors (Lipinski definition) is 2. The van der Waals surface area contributed by atoms with E-state index in [-0.39, 0.29) is 5.60 Å². The smallest absolute Gasteiger partial charge is 0.0820 e. The van der Waals surface area contributed by atoms with Crippen molar-refractivity contribution in [3.8, 4) is 0 Å². The van der Waals surface area contributed by atoms with Crippen LogP contribution in [-0.2, 0) is 4.74 Å². The Bertz CT molecular complexity index is 442. The van der Waals surface area contributed by atoms with Gasteiger partial charge in [0, 0.05) is 29.4 Å². The largest absolute Gasteiger partial charge is 0.372 e. The van der Waals surface area contributed by atoms with Crippen molar-refractivity contribution in [2.24, 2.45) is 0 Å². The lowest BCUT2D eigenvalue weighted by Gasteiger charge is -2.37. The summed E-state index contributed by atoms with van der Waals surface area (Å²) in [5, 5.41) is 0. The number of ether oxygens (including phenoxy) is 1. The second-order valence-corrected chi connectivity index (χ2v) is 7.09. The lowest BCUT2D eigenvalue weighted by atomic mass is 9.92. The van der Waals surface area contributed by atoms with Crippen LogP contribution in [0.2, 0.25) is 0 Å². The molecule has 1 aliphatic carbocycles. The molecule has 0 amide bonds. The molecule has 1 spiro atoms. The minimum atomic E-state index is 0.213. The Labute approximate surface area is 123 Å². The zero-order valence-corrected chi connectivity index (χ0v) is 13.2. The fourth-order valence-corrected chi connectivity index (χ4v) is 3.87. The molecule has 2 nitrogen and oxygen atoms in total. The minimum Gasteiger partial charge on any atom is -0.372 e. The van der Waals surface area contributed by atoms with E-state index >= 15 is 0 Å². The lowest BCUT2D eigenvalue weighted by molar-refractivity contribution is -0.0413. The van der Waals surface area contributed by atoms with Crippen LogP contribution in [0.25, 0.3) is 0 Å². The van der Waals surface area contributed by atoms with Gasteiger partial charge in [0.15, 0.2) is 0 Å². The van der Waals surface area contributed by atoms with Gasteiger partial charge in [-0.15, -0.1) is 0 Å². The molecule has 1 saturated carbocycles. The van der Waals surface area contributed by atoms with E-state index in [1.807, 2.05) is 0 Å². The Balaban J connectivity index is 1.86. The van der Waals surface area contributed by atoms with E-state index in [9.17, 15) is 0 Å². The summed E-state index contributed by atoms with van der Waals surface area (Å²) in [5.41, 5.74) is 3.11. The summed E-state index contributed by atoms with van der Waals surface area (Å²) in [6.07, 6.45) is 2.48. The van der Waals surface area contributed by atoms with Crippen molar-refractivity contribution in [1.29, 1.82) is 0 Å². The molecule has 0 radical (unpaired) electrons. The average Bonchev–Trinajstić information content (AvgIpc) is 3.09. The molecule has 1 heterocycles. The standard InChI is InChI=1S/C15H20INO/c1-11(2)12-5-3-4-6-13(12)14-9-18-15(7-8-15)10-17(14)16/h3-6,11,14H,7-10H2,1-2H3. The maximum Gasteiger partial charge on any atom is 0.0820 e. The molecule has 98 valence electrons. The molecule has 2 aliphatic rings. The van der Waals surface area contributed by atoms with Crippen molar-refractivity contribution < 1.29 is 4.74 Å². The third-order valence-corrected chi connectivity index (χ3v) is 5.12. The summed E-state index contributed by atoms with van der Waals surface area (Å²) in [7, 11) is 0. The normalized spacial score (nSPS) is 26.8. The highest BCUT2D eigenvalue weighted by Crippen LogP contribution is 2.47. The zero-order chi connectivity index (χ0) is 12.8. The maximum atomic E-state index is 6.10. The van der Waals surface area contributed by atoms with Crippen LogP contribution in [0.4, 0.5) is 0 Å². The van der Waals surface area contributed by atoms with E-state index < -0.39 is 0 Å². The molecule has 1 saturated heterocycles. The molecule has 18 heavy (non-hydrogen) atoms. The van der Waals surface area contributed by atoms with Crippen molar-refractivity contribution in [1.82, 2.24) is 3.11 Å². The summed E-state index contributed by atoms with van der Waals surface area (Å²) in [5.74, 6) is 0.572. The topological polar surface area (TPSA) is 12.5 Å². The summed E-state index contributed by atoms with van der Waals surface area (Å²) in [6.45, 7) is 6.45. The van der Waals surface area contributed by atoms with Gasteiger partial charge < -0.3 is 4.74 Å². The van der Waals surface area contributed by atoms with Gasteiger partial charge in [-0.3, -0.25) is 0 Å². The molecule has 3 heteroatoms. The van der Waals surface area contributed by atoms with Crippen LogP contribution in [0.1, 0.15) is 49.8 Å². The lowest BCUT2D eigenvalue weighted by Crippen LogP contribution is -2.41. The van der Waals surface area contributed by atoms with Gasteiger partial charge in [0.1, 0.15) is 0 Å². The van der Waals surface area contributed by atoms with Gasteiger partial charge in [-0.25, -0.2) is 3.11 Å². The molecule has 1 aliphatic heterocycles. The molecule has 0 aromatic heterocycles. The molecule has 3 rings (SSSR count). The Morgan fingerprint density at radius 2 is 2.06 bits per heavy atom. The predicted molar refractivity (Wildman–Crippen MR) is 81.9 cm³/mol. The molecule has 1 atom stereocenters. The predicted octanol–water partition coefficient (Wildman–Crippen LogP) is 4.07. The van der Waals surface area contributed by atoms with Crippen LogP contribution in [0.15, 0.2) is 24.3 Å². The average molecular weight is 357 g/mol. The fourth-order valence-electron chi connectivity index (χ4n) is 2.79. The van der Waals surface area contributed by atoms with E-state index in [1.54, 1.807) is 0 Å². The highest BCUT2D eigenvalue weighted by atomic mass is 127. The summed E-state index contributed by atoms with van der Waals surface area (Å²) in [4.78, 5) is 0. The van der Waals surface area contributed by atoms with Crippen molar-refractivity contribution >= 4 is 22.9 Å². The van der Waals surface area contributed by atoms with Crippen molar-refractivity contribution in [3.63, 3.8) is 0 Å². The Morgan fingerprint density at radius 3 is 2.67 bits per heavy atom. The van der Waals surface area contributed by atoms with Crippen molar-refractivity contribution in [3.05, 3.63) is 35.4 Å². The third-order valence-electron chi connectivity index (χ3n) is 4.11. The Hall–Kier alpha value is -0.130. The summed E-state index contributed by atoms with van der Waals surface area (Å²) in [6, 6.07) is 9.22. The quantitative estimate of drug-likeness (QED) is 0.585. The van der Waals surface area contributed by atoms with Crippen LogP contribution < -0.4 is 0 Å². The third kappa shape index (κ3) is 2.32. The second kappa shape index (κ2) is 4.76. The summed E-state index contributed by atoms with van der Waals surface area (Å²) >= 11 is 2.48. The van der Waals surface area contributed by atoms with Crippen molar-refractivity contribution in [2.45, 2.75) is 44.2 Å². The van der Waals surface area contributed by atoms with Crippen LogP contribution in [0.5, 0.6) is 0 Å². The number of hydrogen-bond donors (Lipinski definition) is 0. The molecule has 1 aromatic carbocycles. The van der Waals surface area contributed by atoms with Gasteiger partial charge in [-0.2, -0.15) is 0 Å². The molecule has 2 fully saturated rings. The van der Waals surface area contributed by atoms with Gasteiger partial charge in [0.2, 0.25) is 0 Å². The molecule has 0 N–H and O–H groups in total. The van der Waals surface area contributed by atoms with Gasteiger partial charge in [-0.1, -0.05) is 38.1 Å². The number of benzene rings is 1. The molecule has 1 unspecified atom stereocenters. The second-order valence-electron chi connectivity index (χ2n) is 5.85. The minimum absolute atomic E-state index is 0.213.